The second-order valence-corrected chi connectivity index (χ2v) is 3.80. The van der Waals surface area contributed by atoms with E-state index in [-0.39, 0.29) is 11.3 Å². The zero-order valence-electron chi connectivity index (χ0n) is 7.52. The van der Waals surface area contributed by atoms with E-state index in [1.165, 1.54) is 6.07 Å². The Morgan fingerprint density at radius 3 is 2.38 bits per heavy atom. The highest BCUT2D eigenvalue weighted by molar-refractivity contribution is 6.20. The molecule has 2 atom stereocenters. The Balaban J connectivity index is 3.07. The van der Waals surface area contributed by atoms with E-state index in [9.17, 15) is 8.78 Å². The lowest BCUT2D eigenvalue weighted by atomic mass is 9.98. The second-order valence-electron chi connectivity index (χ2n) is 3.11. The van der Waals surface area contributed by atoms with Gasteiger partial charge in [-0.3, -0.25) is 0 Å². The molecule has 13 heavy (non-hydrogen) atoms. The van der Waals surface area contributed by atoms with E-state index in [1.54, 1.807) is 19.9 Å². The highest BCUT2D eigenvalue weighted by atomic mass is 35.5. The molecule has 0 nitrogen and oxygen atoms in total. The van der Waals surface area contributed by atoms with E-state index in [2.05, 4.69) is 0 Å². The van der Waals surface area contributed by atoms with Gasteiger partial charge in [0.2, 0.25) is 0 Å². The molecule has 1 rings (SSSR count). The quantitative estimate of drug-likeness (QED) is 0.645. The first-order valence-corrected chi connectivity index (χ1v) is 4.55. The van der Waals surface area contributed by atoms with Gasteiger partial charge in [-0.05, 0) is 18.6 Å². The predicted molar refractivity (Wildman–Crippen MR) is 50.1 cm³/mol. The fourth-order valence-electron chi connectivity index (χ4n) is 1.12. The molecular weight excluding hydrogens is 194 g/mol. The van der Waals surface area contributed by atoms with Crippen LogP contribution in [0.4, 0.5) is 8.78 Å². The van der Waals surface area contributed by atoms with Crippen molar-refractivity contribution in [1.82, 2.24) is 0 Å². The largest absolute Gasteiger partial charge is 0.204 e. The average Bonchev–Trinajstić information content (AvgIpc) is 2.08. The predicted octanol–water partition coefficient (Wildman–Crippen LogP) is 3.70. The van der Waals surface area contributed by atoms with Gasteiger partial charge in [0.15, 0.2) is 11.6 Å². The number of alkyl halides is 1. The van der Waals surface area contributed by atoms with Gasteiger partial charge in [-0.2, -0.15) is 0 Å². The lowest BCUT2D eigenvalue weighted by molar-refractivity contribution is 0.490. The molecule has 0 spiro atoms. The number of benzene rings is 1. The Morgan fingerprint density at radius 2 is 1.85 bits per heavy atom. The van der Waals surface area contributed by atoms with E-state index in [0.29, 0.717) is 5.56 Å². The Hall–Kier alpha value is -0.630. The number of halogens is 3. The van der Waals surface area contributed by atoms with Crippen molar-refractivity contribution in [2.75, 3.05) is 0 Å². The van der Waals surface area contributed by atoms with Gasteiger partial charge in [0.05, 0.1) is 0 Å². The summed E-state index contributed by atoms with van der Waals surface area (Å²) in [6.07, 6.45) is 0. The normalized spacial score (nSPS) is 15.5. The van der Waals surface area contributed by atoms with E-state index in [4.69, 9.17) is 11.6 Å². The minimum atomic E-state index is -0.818. The average molecular weight is 205 g/mol. The van der Waals surface area contributed by atoms with Crippen LogP contribution in [0.5, 0.6) is 0 Å². The van der Waals surface area contributed by atoms with Gasteiger partial charge < -0.3 is 0 Å². The molecule has 0 aliphatic carbocycles. The molecular formula is C10H11ClF2. The lowest BCUT2D eigenvalue weighted by Gasteiger charge is -2.14. The van der Waals surface area contributed by atoms with Crippen molar-refractivity contribution in [2.45, 2.75) is 25.1 Å². The Labute approximate surface area is 81.5 Å². The molecule has 2 unspecified atom stereocenters. The summed E-state index contributed by atoms with van der Waals surface area (Å²) in [4.78, 5) is 0. The fourth-order valence-corrected chi connectivity index (χ4v) is 1.26. The van der Waals surface area contributed by atoms with Crippen molar-refractivity contribution in [3.63, 3.8) is 0 Å². The summed E-state index contributed by atoms with van der Waals surface area (Å²) in [5.41, 5.74) is 0.336. The summed E-state index contributed by atoms with van der Waals surface area (Å²) in [6, 6.07) is 4.15. The van der Waals surface area contributed by atoms with Crippen LogP contribution in [-0.4, -0.2) is 5.38 Å². The number of hydrogen-bond acceptors (Lipinski definition) is 0. The Kier molecular flexibility index (Phi) is 3.26. The minimum absolute atomic E-state index is 0.183. The SMILES string of the molecule is CC(Cl)C(C)c1cccc(F)c1F. The molecule has 0 aliphatic rings. The summed E-state index contributed by atoms with van der Waals surface area (Å²) in [6.45, 7) is 3.53. The molecule has 0 aliphatic heterocycles. The van der Waals surface area contributed by atoms with Crippen molar-refractivity contribution < 1.29 is 8.78 Å². The topological polar surface area (TPSA) is 0 Å². The molecule has 0 aromatic heterocycles. The van der Waals surface area contributed by atoms with Gasteiger partial charge in [-0.25, -0.2) is 8.78 Å². The number of hydrogen-bond donors (Lipinski definition) is 0. The van der Waals surface area contributed by atoms with Crippen molar-refractivity contribution in [3.05, 3.63) is 35.4 Å². The molecule has 0 saturated heterocycles. The number of rotatable bonds is 2. The van der Waals surface area contributed by atoms with E-state index < -0.39 is 11.6 Å². The monoisotopic (exact) mass is 204 g/mol. The molecule has 0 N–H and O–H groups in total. The maximum Gasteiger partial charge on any atom is 0.162 e. The summed E-state index contributed by atoms with van der Waals surface area (Å²) in [5, 5.41) is -0.212. The van der Waals surface area contributed by atoms with Crippen LogP contribution in [0, 0.1) is 11.6 Å². The Bertz CT molecular complexity index is 297. The molecule has 1 aromatic carbocycles. The third kappa shape index (κ3) is 2.19. The zero-order chi connectivity index (χ0) is 10.0. The first-order valence-electron chi connectivity index (χ1n) is 4.12. The van der Waals surface area contributed by atoms with E-state index in [1.807, 2.05) is 0 Å². The molecule has 0 amide bonds. The van der Waals surface area contributed by atoms with Crippen LogP contribution in [0.15, 0.2) is 18.2 Å². The summed E-state index contributed by atoms with van der Waals surface area (Å²) < 4.78 is 26.0. The van der Waals surface area contributed by atoms with Crippen LogP contribution < -0.4 is 0 Å². The van der Waals surface area contributed by atoms with Gasteiger partial charge in [-0.15, -0.1) is 11.6 Å². The molecule has 0 heterocycles. The van der Waals surface area contributed by atoms with E-state index in [0.717, 1.165) is 6.07 Å². The van der Waals surface area contributed by atoms with Crippen LogP contribution >= 0.6 is 11.6 Å². The minimum Gasteiger partial charge on any atom is -0.204 e. The van der Waals surface area contributed by atoms with Crippen LogP contribution in [0.25, 0.3) is 0 Å². The highest BCUT2D eigenvalue weighted by Crippen LogP contribution is 2.26. The molecule has 72 valence electrons. The lowest BCUT2D eigenvalue weighted by Crippen LogP contribution is -2.08. The third-order valence-corrected chi connectivity index (χ3v) is 2.54. The second kappa shape index (κ2) is 4.05. The van der Waals surface area contributed by atoms with Crippen LogP contribution in [0.2, 0.25) is 0 Å². The summed E-state index contributed by atoms with van der Waals surface area (Å²) >= 11 is 5.80. The van der Waals surface area contributed by atoms with Crippen molar-refractivity contribution in [2.24, 2.45) is 0 Å². The van der Waals surface area contributed by atoms with E-state index >= 15 is 0 Å². The maximum atomic E-state index is 13.2. The molecule has 0 bridgehead atoms. The van der Waals surface area contributed by atoms with Crippen molar-refractivity contribution in [1.29, 1.82) is 0 Å². The molecule has 3 heteroatoms. The summed E-state index contributed by atoms with van der Waals surface area (Å²) in [7, 11) is 0. The molecule has 0 radical (unpaired) electrons. The van der Waals surface area contributed by atoms with Crippen LogP contribution in [0.1, 0.15) is 25.3 Å². The smallest absolute Gasteiger partial charge is 0.162 e. The van der Waals surface area contributed by atoms with Gasteiger partial charge in [0, 0.05) is 11.3 Å². The third-order valence-electron chi connectivity index (χ3n) is 2.16. The summed E-state index contributed by atoms with van der Waals surface area (Å²) in [5.74, 6) is -1.79. The van der Waals surface area contributed by atoms with Gasteiger partial charge in [-0.1, -0.05) is 19.1 Å². The fraction of sp³-hybridized carbons (Fsp3) is 0.400. The molecule has 1 aromatic rings. The first kappa shape index (κ1) is 10.5. The standard InChI is InChI=1S/C10H11ClF2/c1-6(7(2)11)8-4-3-5-9(12)10(8)13/h3-7H,1-2H3. The first-order chi connectivity index (χ1) is 6.04. The maximum absolute atomic E-state index is 13.2. The molecule has 0 fully saturated rings. The van der Waals surface area contributed by atoms with Crippen LogP contribution in [-0.2, 0) is 0 Å². The van der Waals surface area contributed by atoms with Crippen LogP contribution in [0.3, 0.4) is 0 Å². The van der Waals surface area contributed by atoms with Crippen molar-refractivity contribution >= 4 is 11.6 Å². The zero-order valence-corrected chi connectivity index (χ0v) is 8.28. The van der Waals surface area contributed by atoms with Crippen molar-refractivity contribution in [3.8, 4) is 0 Å². The molecule has 0 saturated carbocycles. The highest BCUT2D eigenvalue weighted by Gasteiger charge is 2.17. The Morgan fingerprint density at radius 1 is 1.23 bits per heavy atom. The van der Waals surface area contributed by atoms with Gasteiger partial charge >= 0.3 is 0 Å². The van der Waals surface area contributed by atoms with Gasteiger partial charge in [0.25, 0.3) is 0 Å². The van der Waals surface area contributed by atoms with Gasteiger partial charge in [0.1, 0.15) is 0 Å².